The number of carbonyl (C=O) groups excluding carboxylic acids is 2. The van der Waals surface area contributed by atoms with Crippen molar-refractivity contribution in [3.8, 4) is 0 Å². The summed E-state index contributed by atoms with van der Waals surface area (Å²) in [5.41, 5.74) is 0.841. The minimum Gasteiger partial charge on any atom is -0.444 e. The van der Waals surface area contributed by atoms with E-state index in [1.807, 2.05) is 18.2 Å². The van der Waals surface area contributed by atoms with E-state index < -0.39 is 17.8 Å². The van der Waals surface area contributed by atoms with Crippen molar-refractivity contribution in [2.45, 2.75) is 19.5 Å². The van der Waals surface area contributed by atoms with Crippen LogP contribution in [0.3, 0.4) is 0 Å². The maximum atomic E-state index is 13.0. The second-order valence-corrected chi connectivity index (χ2v) is 4.99. The smallest absolute Gasteiger partial charge is 0.411 e. The van der Waals surface area contributed by atoms with Crippen LogP contribution < -0.4 is 5.32 Å². The Morgan fingerprint density at radius 2 is 1.78 bits per heavy atom. The standard InChI is InChI=1S/C17H15F2NO3/c1-17(18,19)15(21)13-8-5-9-14(10-13)20-16(22)23-11-12-6-3-2-4-7-12/h2-10H,11H2,1H3,(H,20,22). The lowest BCUT2D eigenvalue weighted by Gasteiger charge is -2.11. The third-order valence-electron chi connectivity index (χ3n) is 2.98. The lowest BCUT2D eigenvalue weighted by atomic mass is 10.1. The molecule has 0 aromatic heterocycles. The van der Waals surface area contributed by atoms with Crippen LogP contribution in [-0.4, -0.2) is 17.8 Å². The molecule has 0 saturated carbocycles. The van der Waals surface area contributed by atoms with Gasteiger partial charge in [0.05, 0.1) is 0 Å². The van der Waals surface area contributed by atoms with E-state index in [1.165, 1.54) is 24.3 Å². The predicted molar refractivity (Wildman–Crippen MR) is 81.6 cm³/mol. The molecule has 6 heteroatoms. The highest BCUT2D eigenvalue weighted by atomic mass is 19.3. The maximum Gasteiger partial charge on any atom is 0.411 e. The number of alkyl halides is 2. The molecule has 0 radical (unpaired) electrons. The number of rotatable bonds is 5. The number of hydrogen-bond donors (Lipinski definition) is 1. The summed E-state index contributed by atoms with van der Waals surface area (Å²) >= 11 is 0. The fourth-order valence-corrected chi connectivity index (χ4v) is 1.87. The molecule has 1 N–H and O–H groups in total. The largest absolute Gasteiger partial charge is 0.444 e. The van der Waals surface area contributed by atoms with Crippen molar-refractivity contribution < 1.29 is 23.1 Å². The Hall–Kier alpha value is -2.76. The van der Waals surface area contributed by atoms with Gasteiger partial charge in [-0.1, -0.05) is 42.5 Å². The Morgan fingerprint density at radius 1 is 1.09 bits per heavy atom. The molecule has 0 spiro atoms. The minimum atomic E-state index is -3.47. The molecule has 0 atom stereocenters. The summed E-state index contributed by atoms with van der Waals surface area (Å²) in [5.74, 6) is -4.77. The van der Waals surface area contributed by atoms with Gasteiger partial charge < -0.3 is 4.74 Å². The topological polar surface area (TPSA) is 55.4 Å². The summed E-state index contributed by atoms with van der Waals surface area (Å²) in [6.45, 7) is 0.613. The van der Waals surface area contributed by atoms with Crippen LogP contribution in [0, 0.1) is 0 Å². The van der Waals surface area contributed by atoms with E-state index in [0.29, 0.717) is 6.92 Å². The lowest BCUT2D eigenvalue weighted by Crippen LogP contribution is -2.24. The molecule has 0 heterocycles. The van der Waals surface area contributed by atoms with Crippen molar-refractivity contribution in [3.05, 3.63) is 65.7 Å². The van der Waals surface area contributed by atoms with Gasteiger partial charge >= 0.3 is 12.0 Å². The molecule has 0 aliphatic carbocycles. The maximum absolute atomic E-state index is 13.0. The first-order chi connectivity index (χ1) is 10.9. The molecule has 2 aromatic carbocycles. The number of carbonyl (C=O) groups is 2. The Labute approximate surface area is 132 Å². The number of Topliss-reactive ketones (excluding diaryl/α,β-unsaturated/α-hetero) is 1. The molecule has 0 fully saturated rings. The van der Waals surface area contributed by atoms with E-state index in [2.05, 4.69) is 5.32 Å². The van der Waals surface area contributed by atoms with Crippen LogP contribution in [0.15, 0.2) is 54.6 Å². The van der Waals surface area contributed by atoms with Crippen molar-refractivity contribution >= 4 is 17.6 Å². The second kappa shape index (κ2) is 7.00. The molecule has 2 aromatic rings. The molecule has 120 valence electrons. The van der Waals surface area contributed by atoms with Gasteiger partial charge in [0.15, 0.2) is 0 Å². The highest BCUT2D eigenvalue weighted by Crippen LogP contribution is 2.21. The van der Waals surface area contributed by atoms with E-state index in [1.54, 1.807) is 12.1 Å². The van der Waals surface area contributed by atoms with Gasteiger partial charge in [-0.05, 0) is 17.7 Å². The number of benzene rings is 2. The lowest BCUT2D eigenvalue weighted by molar-refractivity contribution is 0.0222. The third kappa shape index (κ3) is 4.88. The second-order valence-electron chi connectivity index (χ2n) is 4.99. The Bertz CT molecular complexity index is 696. The van der Waals surface area contributed by atoms with Crippen molar-refractivity contribution in [2.75, 3.05) is 5.32 Å². The number of halogens is 2. The van der Waals surface area contributed by atoms with E-state index in [9.17, 15) is 18.4 Å². The summed E-state index contributed by atoms with van der Waals surface area (Å²) in [6.07, 6.45) is -0.735. The predicted octanol–water partition coefficient (Wildman–Crippen LogP) is 4.27. The van der Waals surface area contributed by atoms with E-state index >= 15 is 0 Å². The zero-order valence-corrected chi connectivity index (χ0v) is 12.4. The van der Waals surface area contributed by atoms with Gasteiger partial charge in [-0.2, -0.15) is 8.78 Å². The van der Waals surface area contributed by atoms with Crippen LogP contribution in [0.2, 0.25) is 0 Å². The van der Waals surface area contributed by atoms with Crippen LogP contribution in [0.1, 0.15) is 22.8 Å². The fraction of sp³-hybridized carbons (Fsp3) is 0.176. The number of amides is 1. The summed E-state index contributed by atoms with van der Waals surface area (Å²) < 4.78 is 31.1. The molecule has 23 heavy (non-hydrogen) atoms. The zero-order chi connectivity index (χ0) is 16.9. The van der Waals surface area contributed by atoms with Crippen molar-refractivity contribution in [3.63, 3.8) is 0 Å². The van der Waals surface area contributed by atoms with Gasteiger partial charge in [0.1, 0.15) is 6.61 Å². The van der Waals surface area contributed by atoms with Gasteiger partial charge in [0.25, 0.3) is 0 Å². The number of ketones is 1. The van der Waals surface area contributed by atoms with Crippen LogP contribution in [0.4, 0.5) is 19.3 Å². The first-order valence-electron chi connectivity index (χ1n) is 6.86. The molecule has 0 aliphatic heterocycles. The zero-order valence-electron chi connectivity index (χ0n) is 12.4. The molecule has 2 rings (SSSR count). The third-order valence-corrected chi connectivity index (χ3v) is 2.98. The molecule has 0 saturated heterocycles. The molecular weight excluding hydrogens is 304 g/mol. The first kappa shape index (κ1) is 16.6. The molecule has 4 nitrogen and oxygen atoms in total. The highest BCUT2D eigenvalue weighted by molar-refractivity contribution is 6.02. The molecule has 0 unspecified atom stereocenters. The highest BCUT2D eigenvalue weighted by Gasteiger charge is 2.33. The van der Waals surface area contributed by atoms with E-state index in [-0.39, 0.29) is 17.9 Å². The van der Waals surface area contributed by atoms with Crippen molar-refractivity contribution in [1.29, 1.82) is 0 Å². The Balaban J connectivity index is 1.97. The van der Waals surface area contributed by atoms with Crippen molar-refractivity contribution in [2.24, 2.45) is 0 Å². The van der Waals surface area contributed by atoms with Gasteiger partial charge in [-0.3, -0.25) is 10.1 Å². The van der Waals surface area contributed by atoms with Gasteiger partial charge in [0, 0.05) is 18.2 Å². The Kier molecular flexibility index (Phi) is 5.05. The molecule has 0 aliphatic rings. The van der Waals surface area contributed by atoms with Crippen molar-refractivity contribution in [1.82, 2.24) is 0 Å². The molecular formula is C17H15F2NO3. The number of ether oxygens (including phenoxy) is 1. The number of anilines is 1. The summed E-state index contributed by atoms with van der Waals surface area (Å²) in [4.78, 5) is 23.2. The van der Waals surface area contributed by atoms with Crippen LogP contribution in [-0.2, 0) is 11.3 Å². The first-order valence-corrected chi connectivity index (χ1v) is 6.86. The summed E-state index contributed by atoms with van der Waals surface area (Å²) in [6, 6.07) is 14.4. The minimum absolute atomic E-state index is 0.0817. The van der Waals surface area contributed by atoms with Crippen LogP contribution in [0.5, 0.6) is 0 Å². The monoisotopic (exact) mass is 319 g/mol. The number of hydrogen-bond acceptors (Lipinski definition) is 3. The Morgan fingerprint density at radius 3 is 2.43 bits per heavy atom. The van der Waals surface area contributed by atoms with Gasteiger partial charge in [-0.15, -0.1) is 0 Å². The molecule has 1 amide bonds. The van der Waals surface area contributed by atoms with Gasteiger partial charge in [-0.25, -0.2) is 4.79 Å². The quantitative estimate of drug-likeness (QED) is 0.837. The average molecular weight is 319 g/mol. The molecule has 0 bridgehead atoms. The normalized spacial score (nSPS) is 10.9. The fourth-order valence-electron chi connectivity index (χ4n) is 1.87. The summed E-state index contributed by atoms with van der Waals surface area (Å²) in [5, 5.41) is 2.40. The van der Waals surface area contributed by atoms with Crippen LogP contribution >= 0.6 is 0 Å². The van der Waals surface area contributed by atoms with Crippen LogP contribution in [0.25, 0.3) is 0 Å². The SMILES string of the molecule is CC(F)(F)C(=O)c1cccc(NC(=O)OCc2ccccc2)c1. The van der Waals surface area contributed by atoms with Gasteiger partial charge in [0.2, 0.25) is 5.78 Å². The average Bonchev–Trinajstić information content (AvgIpc) is 2.52. The summed E-state index contributed by atoms with van der Waals surface area (Å²) in [7, 11) is 0. The van der Waals surface area contributed by atoms with E-state index in [0.717, 1.165) is 5.56 Å². The number of nitrogens with one attached hydrogen (secondary N) is 1. The van der Waals surface area contributed by atoms with E-state index in [4.69, 9.17) is 4.74 Å².